The number of methoxy groups -OCH3 is 1. The molecule has 0 bridgehead atoms. The first-order chi connectivity index (χ1) is 9.10. The van der Waals surface area contributed by atoms with Crippen LogP contribution in [-0.4, -0.2) is 18.1 Å². The zero-order valence-electron chi connectivity index (χ0n) is 10.6. The van der Waals surface area contributed by atoms with Gasteiger partial charge in [0.15, 0.2) is 0 Å². The molecule has 0 aliphatic rings. The molecule has 0 atom stereocenters. The molecule has 0 radical (unpaired) electrons. The highest BCUT2D eigenvalue weighted by Gasteiger charge is 2.10. The molecular weight excluding hydrogens is 312 g/mol. The summed E-state index contributed by atoms with van der Waals surface area (Å²) < 4.78 is 10.7. The van der Waals surface area contributed by atoms with Crippen LogP contribution >= 0.6 is 15.9 Å². The van der Waals surface area contributed by atoms with Crippen molar-refractivity contribution in [1.29, 1.82) is 0 Å². The summed E-state index contributed by atoms with van der Waals surface area (Å²) in [5.74, 6) is 0.247. The Balaban J connectivity index is 2.00. The number of furan rings is 1. The number of nitrogens with one attached hydrogen (secondary N) is 1. The molecule has 6 heteroatoms. The number of aryl methyl sites for hydroxylation is 1. The number of rotatable bonds is 4. The third kappa shape index (κ3) is 3.35. The van der Waals surface area contributed by atoms with E-state index in [2.05, 4.69) is 31.0 Å². The van der Waals surface area contributed by atoms with Gasteiger partial charge in [-0.1, -0.05) is 0 Å². The quantitative estimate of drug-likeness (QED) is 0.691. The number of carbonyl (C=O) groups excluding carboxylic acids is 1. The van der Waals surface area contributed by atoms with E-state index < -0.39 is 5.97 Å². The van der Waals surface area contributed by atoms with Gasteiger partial charge in [0.2, 0.25) is 0 Å². The number of halogens is 1. The van der Waals surface area contributed by atoms with E-state index in [1.165, 1.54) is 13.4 Å². The molecule has 0 aliphatic carbocycles. The highest BCUT2D eigenvalue weighted by atomic mass is 79.9. The number of nitrogens with zero attached hydrogens (tertiary/aromatic N) is 1. The molecule has 0 saturated carbocycles. The molecule has 2 aromatic heterocycles. The van der Waals surface area contributed by atoms with Crippen LogP contribution in [0.2, 0.25) is 0 Å². The van der Waals surface area contributed by atoms with Gasteiger partial charge in [-0.2, -0.15) is 0 Å². The number of hydrogen-bond donors (Lipinski definition) is 1. The van der Waals surface area contributed by atoms with Crippen molar-refractivity contribution in [1.82, 2.24) is 4.98 Å². The Labute approximate surface area is 119 Å². The summed E-state index contributed by atoms with van der Waals surface area (Å²) in [4.78, 5) is 15.5. The van der Waals surface area contributed by atoms with Crippen LogP contribution in [0.25, 0.3) is 0 Å². The molecule has 0 aromatic carbocycles. The number of anilines is 1. The molecule has 19 heavy (non-hydrogen) atoms. The lowest BCUT2D eigenvalue weighted by Gasteiger charge is -2.05. The molecule has 5 nitrogen and oxygen atoms in total. The van der Waals surface area contributed by atoms with Crippen LogP contribution in [0.3, 0.4) is 0 Å². The monoisotopic (exact) mass is 324 g/mol. The number of pyridine rings is 1. The van der Waals surface area contributed by atoms with E-state index in [0.717, 1.165) is 15.9 Å². The molecule has 2 heterocycles. The second-order valence-electron chi connectivity index (χ2n) is 3.98. The Morgan fingerprint density at radius 3 is 3.00 bits per heavy atom. The van der Waals surface area contributed by atoms with Crippen LogP contribution in [0.15, 0.2) is 33.6 Å². The fraction of sp³-hybridized carbons (Fsp3) is 0.231. The molecule has 1 N–H and O–H groups in total. The van der Waals surface area contributed by atoms with Crippen LogP contribution in [0.4, 0.5) is 5.69 Å². The summed E-state index contributed by atoms with van der Waals surface area (Å²) in [5, 5.41) is 3.17. The Hall–Kier alpha value is -1.82. The van der Waals surface area contributed by atoms with Gasteiger partial charge in [0.05, 0.1) is 31.1 Å². The van der Waals surface area contributed by atoms with Gasteiger partial charge in [0, 0.05) is 0 Å². The van der Waals surface area contributed by atoms with Crippen molar-refractivity contribution < 1.29 is 13.9 Å². The minimum atomic E-state index is -0.406. The van der Waals surface area contributed by atoms with Crippen molar-refractivity contribution in [2.45, 2.75) is 13.5 Å². The summed E-state index contributed by atoms with van der Waals surface area (Å²) in [6.07, 6.45) is 3.11. The van der Waals surface area contributed by atoms with Crippen LogP contribution in [-0.2, 0) is 11.3 Å². The first-order valence-corrected chi connectivity index (χ1v) is 6.41. The maximum Gasteiger partial charge on any atom is 0.341 e. The molecule has 0 aliphatic heterocycles. The summed E-state index contributed by atoms with van der Waals surface area (Å²) in [5.41, 5.74) is 2.33. The molecule has 2 aromatic rings. The number of aromatic nitrogens is 1. The van der Waals surface area contributed by atoms with Crippen molar-refractivity contribution in [3.05, 3.63) is 46.1 Å². The van der Waals surface area contributed by atoms with Gasteiger partial charge in [0.25, 0.3) is 0 Å². The normalized spacial score (nSPS) is 10.3. The van der Waals surface area contributed by atoms with Gasteiger partial charge in [-0.3, -0.25) is 0 Å². The average Bonchev–Trinajstić information content (AvgIpc) is 2.88. The highest BCUT2D eigenvalue weighted by Crippen LogP contribution is 2.18. The zero-order chi connectivity index (χ0) is 13.8. The van der Waals surface area contributed by atoms with E-state index in [4.69, 9.17) is 4.42 Å². The second-order valence-corrected chi connectivity index (χ2v) is 4.73. The third-order valence-electron chi connectivity index (χ3n) is 2.56. The molecule has 0 spiro atoms. The Bertz CT molecular complexity index is 595. The molecular formula is C13H13BrN2O3. The lowest BCUT2D eigenvalue weighted by Crippen LogP contribution is -2.00. The molecule has 100 valence electrons. The number of ether oxygens (including phenoxy) is 1. The van der Waals surface area contributed by atoms with E-state index in [0.29, 0.717) is 17.9 Å². The smallest absolute Gasteiger partial charge is 0.341 e. The average molecular weight is 325 g/mol. The van der Waals surface area contributed by atoms with E-state index >= 15 is 0 Å². The second kappa shape index (κ2) is 5.88. The van der Waals surface area contributed by atoms with E-state index in [1.807, 2.05) is 13.0 Å². The lowest BCUT2D eigenvalue weighted by atomic mass is 10.3. The minimum Gasteiger partial charge on any atom is -0.467 e. The molecule has 0 saturated heterocycles. The number of esters is 1. The van der Waals surface area contributed by atoms with Crippen molar-refractivity contribution in [2.75, 3.05) is 12.4 Å². The van der Waals surface area contributed by atoms with Crippen LogP contribution in [0, 0.1) is 6.92 Å². The van der Waals surface area contributed by atoms with Crippen LogP contribution < -0.4 is 5.32 Å². The summed E-state index contributed by atoms with van der Waals surface area (Å²) >= 11 is 3.34. The Kier molecular flexibility index (Phi) is 4.21. The summed E-state index contributed by atoms with van der Waals surface area (Å²) in [6, 6.07) is 3.62. The molecule has 0 amide bonds. The highest BCUT2D eigenvalue weighted by molar-refractivity contribution is 9.10. The summed E-state index contributed by atoms with van der Waals surface area (Å²) in [7, 11) is 1.34. The predicted octanol–water partition coefficient (Wildman–Crippen LogP) is 3.14. The predicted molar refractivity (Wildman–Crippen MR) is 74.0 cm³/mol. The van der Waals surface area contributed by atoms with E-state index in [1.54, 1.807) is 12.3 Å². The molecule has 2 rings (SSSR count). The molecule has 0 fully saturated rings. The summed E-state index contributed by atoms with van der Waals surface area (Å²) in [6.45, 7) is 2.43. The fourth-order valence-corrected chi connectivity index (χ4v) is 1.76. The number of carbonyl (C=O) groups is 1. The minimum absolute atomic E-state index is 0.406. The SMILES string of the molecule is COC(=O)c1coc(CNc2cnc(Br)c(C)c2)c1. The van der Waals surface area contributed by atoms with E-state index in [-0.39, 0.29) is 0 Å². The maximum atomic E-state index is 11.3. The van der Waals surface area contributed by atoms with Gasteiger partial charge in [0.1, 0.15) is 16.6 Å². The van der Waals surface area contributed by atoms with Gasteiger partial charge < -0.3 is 14.5 Å². The lowest BCUT2D eigenvalue weighted by molar-refractivity contribution is 0.0600. The van der Waals surface area contributed by atoms with Crippen molar-refractivity contribution in [3.8, 4) is 0 Å². The zero-order valence-corrected chi connectivity index (χ0v) is 12.2. The molecule has 0 unspecified atom stereocenters. The van der Waals surface area contributed by atoms with Crippen molar-refractivity contribution in [3.63, 3.8) is 0 Å². The maximum absolute atomic E-state index is 11.3. The van der Waals surface area contributed by atoms with Gasteiger partial charge in [-0.15, -0.1) is 0 Å². The van der Waals surface area contributed by atoms with Crippen molar-refractivity contribution in [2.24, 2.45) is 0 Å². The number of hydrogen-bond acceptors (Lipinski definition) is 5. The third-order valence-corrected chi connectivity index (χ3v) is 3.39. The van der Waals surface area contributed by atoms with E-state index in [9.17, 15) is 4.79 Å². The van der Waals surface area contributed by atoms with Gasteiger partial charge in [-0.25, -0.2) is 9.78 Å². The Morgan fingerprint density at radius 1 is 1.53 bits per heavy atom. The van der Waals surface area contributed by atoms with Crippen LogP contribution in [0.1, 0.15) is 21.7 Å². The van der Waals surface area contributed by atoms with Gasteiger partial charge in [-0.05, 0) is 40.5 Å². The van der Waals surface area contributed by atoms with Gasteiger partial charge >= 0.3 is 5.97 Å². The topological polar surface area (TPSA) is 64.4 Å². The Morgan fingerprint density at radius 2 is 2.32 bits per heavy atom. The van der Waals surface area contributed by atoms with Crippen LogP contribution in [0.5, 0.6) is 0 Å². The fourth-order valence-electron chi connectivity index (χ4n) is 1.54. The van der Waals surface area contributed by atoms with Crippen molar-refractivity contribution >= 4 is 27.6 Å². The first kappa shape index (κ1) is 13.6. The standard InChI is InChI=1S/C13H13BrN2O3/c1-8-3-10(5-16-12(8)14)15-6-11-4-9(7-19-11)13(17)18-2/h3-5,7,15H,6H2,1-2H3. The largest absolute Gasteiger partial charge is 0.467 e. The first-order valence-electron chi connectivity index (χ1n) is 5.62.